The van der Waals surface area contributed by atoms with Gasteiger partial charge < -0.3 is 4.98 Å². The number of aromatic nitrogens is 2. The highest BCUT2D eigenvalue weighted by molar-refractivity contribution is 7.89. The zero-order chi connectivity index (χ0) is 14.0. The summed E-state index contributed by atoms with van der Waals surface area (Å²) < 4.78 is 27.5. The topological polar surface area (TPSA) is 74.8 Å². The number of H-pyrrole nitrogens is 1. The lowest BCUT2D eigenvalue weighted by Crippen LogP contribution is -2.43. The Morgan fingerprint density at radius 1 is 1.37 bits per heavy atom. The summed E-state index contributed by atoms with van der Waals surface area (Å²) in [5.74, 6) is 1.54. The van der Waals surface area contributed by atoms with Crippen molar-refractivity contribution in [2.75, 3.05) is 0 Å². The molecule has 0 bridgehead atoms. The van der Waals surface area contributed by atoms with Crippen molar-refractivity contribution < 1.29 is 8.42 Å². The van der Waals surface area contributed by atoms with Crippen LogP contribution in [0.1, 0.15) is 45.4 Å². The first-order valence-corrected chi connectivity index (χ1v) is 8.42. The van der Waals surface area contributed by atoms with Crippen molar-refractivity contribution in [3.63, 3.8) is 0 Å². The molecule has 0 amide bonds. The van der Waals surface area contributed by atoms with E-state index in [4.69, 9.17) is 0 Å². The van der Waals surface area contributed by atoms with Crippen LogP contribution in [0, 0.1) is 18.8 Å². The van der Waals surface area contributed by atoms with E-state index in [0.717, 1.165) is 19.3 Å². The van der Waals surface area contributed by atoms with Gasteiger partial charge in [-0.2, -0.15) is 0 Å². The Balaban J connectivity index is 2.14. The molecule has 6 heteroatoms. The minimum Gasteiger partial charge on any atom is -0.332 e. The molecule has 1 aromatic rings. The maximum atomic E-state index is 12.3. The standard InChI is InChI=1S/C13H23N3O2S/c1-9(2)11-6-4-5-7-12(11)16-19(17,18)13-8-14-10(3)15-13/h8-9,11-12,16H,4-7H2,1-3H3,(H,14,15). The quantitative estimate of drug-likeness (QED) is 0.890. The van der Waals surface area contributed by atoms with Crippen LogP contribution in [-0.2, 0) is 10.0 Å². The zero-order valence-electron chi connectivity index (χ0n) is 11.8. The predicted molar refractivity (Wildman–Crippen MR) is 74.2 cm³/mol. The van der Waals surface area contributed by atoms with E-state index < -0.39 is 10.0 Å². The molecule has 2 N–H and O–H groups in total. The van der Waals surface area contributed by atoms with E-state index in [0.29, 0.717) is 17.7 Å². The van der Waals surface area contributed by atoms with Crippen LogP contribution in [0.3, 0.4) is 0 Å². The first-order chi connectivity index (χ1) is 8.90. The van der Waals surface area contributed by atoms with Gasteiger partial charge in [0.1, 0.15) is 5.82 Å². The van der Waals surface area contributed by atoms with Gasteiger partial charge in [0.05, 0.1) is 6.20 Å². The number of imidazole rings is 1. The molecule has 0 saturated heterocycles. The maximum Gasteiger partial charge on any atom is 0.257 e. The minimum absolute atomic E-state index is 0.0438. The van der Waals surface area contributed by atoms with Crippen molar-refractivity contribution in [1.29, 1.82) is 0 Å². The number of aryl methyl sites for hydroxylation is 1. The Kier molecular flexibility index (Phi) is 4.30. The second kappa shape index (κ2) is 5.63. The molecule has 0 radical (unpaired) electrons. The van der Waals surface area contributed by atoms with Crippen molar-refractivity contribution >= 4 is 10.0 Å². The molecule has 2 rings (SSSR count). The first-order valence-electron chi connectivity index (χ1n) is 6.94. The Hall–Kier alpha value is -0.880. The smallest absolute Gasteiger partial charge is 0.257 e. The SMILES string of the molecule is Cc1ncc(S(=O)(=O)NC2CCCCC2C(C)C)[nH]1. The summed E-state index contributed by atoms with van der Waals surface area (Å²) in [6.07, 6.45) is 5.70. The van der Waals surface area contributed by atoms with E-state index >= 15 is 0 Å². The number of rotatable bonds is 4. The highest BCUT2D eigenvalue weighted by Gasteiger charge is 2.31. The van der Waals surface area contributed by atoms with Gasteiger partial charge in [-0.3, -0.25) is 0 Å². The van der Waals surface area contributed by atoms with E-state index in [9.17, 15) is 8.42 Å². The molecule has 1 fully saturated rings. The molecular weight excluding hydrogens is 262 g/mol. The zero-order valence-corrected chi connectivity index (χ0v) is 12.6. The van der Waals surface area contributed by atoms with Gasteiger partial charge in [0, 0.05) is 6.04 Å². The molecule has 1 aliphatic carbocycles. The number of nitrogens with one attached hydrogen (secondary N) is 2. The van der Waals surface area contributed by atoms with Gasteiger partial charge in [-0.1, -0.05) is 26.7 Å². The summed E-state index contributed by atoms with van der Waals surface area (Å²) in [7, 11) is -3.47. The normalized spacial score (nSPS) is 24.8. The predicted octanol–water partition coefficient (Wildman–Crippen LogP) is 2.21. The van der Waals surface area contributed by atoms with E-state index in [2.05, 4.69) is 28.5 Å². The van der Waals surface area contributed by atoms with Crippen molar-refractivity contribution in [3.05, 3.63) is 12.0 Å². The van der Waals surface area contributed by atoms with Crippen LogP contribution in [0.4, 0.5) is 0 Å². The Bertz CT molecular complexity index is 522. The lowest BCUT2D eigenvalue weighted by atomic mass is 9.78. The fourth-order valence-electron chi connectivity index (χ4n) is 2.90. The number of hydrogen-bond acceptors (Lipinski definition) is 3. The van der Waals surface area contributed by atoms with Crippen LogP contribution < -0.4 is 4.72 Å². The van der Waals surface area contributed by atoms with Gasteiger partial charge in [0.2, 0.25) is 0 Å². The summed E-state index contributed by atoms with van der Waals surface area (Å²) in [5.41, 5.74) is 0. The van der Waals surface area contributed by atoms with E-state index in [1.165, 1.54) is 12.6 Å². The Morgan fingerprint density at radius 2 is 2.05 bits per heavy atom. The number of hydrogen-bond donors (Lipinski definition) is 2. The van der Waals surface area contributed by atoms with Crippen LogP contribution >= 0.6 is 0 Å². The van der Waals surface area contributed by atoms with Crippen molar-refractivity contribution in [2.24, 2.45) is 11.8 Å². The first kappa shape index (κ1) is 14.5. The lowest BCUT2D eigenvalue weighted by molar-refractivity contribution is 0.226. The lowest BCUT2D eigenvalue weighted by Gasteiger charge is -2.34. The number of sulfonamides is 1. The fourth-order valence-corrected chi connectivity index (χ4v) is 4.19. The molecule has 5 nitrogen and oxygen atoms in total. The molecule has 1 saturated carbocycles. The van der Waals surface area contributed by atoms with Crippen LogP contribution in [0.2, 0.25) is 0 Å². The summed E-state index contributed by atoms with van der Waals surface area (Å²) in [5, 5.41) is 0.165. The maximum absolute atomic E-state index is 12.3. The Labute approximate surface area is 115 Å². The highest BCUT2D eigenvalue weighted by Crippen LogP contribution is 2.31. The van der Waals surface area contributed by atoms with Gasteiger partial charge >= 0.3 is 0 Å². The molecule has 2 atom stereocenters. The fraction of sp³-hybridized carbons (Fsp3) is 0.769. The number of nitrogens with zero attached hydrogens (tertiary/aromatic N) is 1. The van der Waals surface area contributed by atoms with Gasteiger partial charge in [0.25, 0.3) is 10.0 Å². The van der Waals surface area contributed by atoms with Gasteiger partial charge in [-0.25, -0.2) is 18.1 Å². The summed E-state index contributed by atoms with van der Waals surface area (Å²) in [6, 6.07) is 0.0438. The molecule has 1 aliphatic rings. The third-order valence-corrected chi connectivity index (χ3v) is 5.35. The van der Waals surface area contributed by atoms with Crippen molar-refractivity contribution in [2.45, 2.75) is 57.5 Å². The second-order valence-electron chi connectivity index (χ2n) is 5.75. The van der Waals surface area contributed by atoms with Gasteiger partial charge in [-0.15, -0.1) is 0 Å². The van der Waals surface area contributed by atoms with E-state index in [1.807, 2.05) is 0 Å². The van der Waals surface area contributed by atoms with Crippen LogP contribution in [0.15, 0.2) is 11.2 Å². The summed E-state index contributed by atoms with van der Waals surface area (Å²) in [6.45, 7) is 6.08. The molecular formula is C13H23N3O2S. The van der Waals surface area contributed by atoms with Crippen molar-refractivity contribution in [1.82, 2.24) is 14.7 Å². The molecule has 19 heavy (non-hydrogen) atoms. The average molecular weight is 285 g/mol. The summed E-state index contributed by atoms with van der Waals surface area (Å²) in [4.78, 5) is 6.74. The van der Waals surface area contributed by atoms with Gasteiger partial charge in [-0.05, 0) is 31.6 Å². The average Bonchev–Trinajstić information content (AvgIpc) is 2.76. The molecule has 1 aromatic heterocycles. The molecule has 2 unspecified atom stereocenters. The molecule has 0 aromatic carbocycles. The molecule has 0 spiro atoms. The summed E-state index contributed by atoms with van der Waals surface area (Å²) >= 11 is 0. The third kappa shape index (κ3) is 3.36. The van der Waals surface area contributed by atoms with E-state index in [1.54, 1.807) is 6.92 Å². The largest absolute Gasteiger partial charge is 0.332 e. The second-order valence-corrected chi connectivity index (χ2v) is 7.44. The minimum atomic E-state index is -3.47. The number of aromatic amines is 1. The van der Waals surface area contributed by atoms with Crippen LogP contribution in [0.25, 0.3) is 0 Å². The highest BCUT2D eigenvalue weighted by atomic mass is 32.2. The molecule has 108 valence electrons. The van der Waals surface area contributed by atoms with Crippen LogP contribution in [-0.4, -0.2) is 24.4 Å². The van der Waals surface area contributed by atoms with E-state index in [-0.39, 0.29) is 11.1 Å². The third-order valence-electron chi connectivity index (χ3n) is 3.95. The molecule has 1 heterocycles. The monoisotopic (exact) mass is 285 g/mol. The molecule has 0 aliphatic heterocycles. The Morgan fingerprint density at radius 3 is 2.63 bits per heavy atom. The van der Waals surface area contributed by atoms with Crippen molar-refractivity contribution in [3.8, 4) is 0 Å². The van der Waals surface area contributed by atoms with Crippen LogP contribution in [0.5, 0.6) is 0 Å². The van der Waals surface area contributed by atoms with Gasteiger partial charge in [0.15, 0.2) is 5.03 Å².